The number of urea groups is 1. The molecule has 2 heterocycles. The summed E-state index contributed by atoms with van der Waals surface area (Å²) in [5.41, 5.74) is 2.70. The van der Waals surface area contributed by atoms with Gasteiger partial charge in [-0.25, -0.2) is 19.7 Å². The highest BCUT2D eigenvalue weighted by atomic mass is 16.5. The van der Waals surface area contributed by atoms with Crippen LogP contribution >= 0.6 is 0 Å². The number of methoxy groups -OCH3 is 2. The van der Waals surface area contributed by atoms with Gasteiger partial charge >= 0.3 is 6.03 Å². The van der Waals surface area contributed by atoms with E-state index in [-0.39, 0.29) is 6.03 Å². The lowest BCUT2D eigenvalue weighted by molar-refractivity contribution is 0.247. The summed E-state index contributed by atoms with van der Waals surface area (Å²) in [6, 6.07) is 9.11. The molecule has 0 bridgehead atoms. The van der Waals surface area contributed by atoms with Crippen LogP contribution in [0.3, 0.4) is 0 Å². The summed E-state index contributed by atoms with van der Waals surface area (Å²) in [5.74, 6) is 1.72. The Balaban J connectivity index is 2.02. The first-order valence-corrected chi connectivity index (χ1v) is 9.02. The molecular formula is C20H23N5O3. The number of rotatable bonds is 6. The normalized spacial score (nSPS) is 10.6. The van der Waals surface area contributed by atoms with Gasteiger partial charge in [0.2, 0.25) is 0 Å². The summed E-state index contributed by atoms with van der Waals surface area (Å²) in [7, 11) is 3.19. The Morgan fingerprint density at radius 1 is 1.07 bits per heavy atom. The van der Waals surface area contributed by atoms with E-state index in [1.165, 1.54) is 4.90 Å². The van der Waals surface area contributed by atoms with Gasteiger partial charge in [0.1, 0.15) is 5.52 Å². The SMILES string of the molecule is CCNC(=O)N(CC)c1cnc2ccc(-c3ccc(OC)c(OC)c3)nc2n1. The van der Waals surface area contributed by atoms with Crippen LogP contribution in [0.1, 0.15) is 13.8 Å². The fourth-order valence-corrected chi connectivity index (χ4v) is 2.83. The monoisotopic (exact) mass is 381 g/mol. The predicted octanol–water partition coefficient (Wildman–Crippen LogP) is 3.26. The van der Waals surface area contributed by atoms with Crippen molar-refractivity contribution in [3.63, 3.8) is 0 Å². The van der Waals surface area contributed by atoms with Gasteiger partial charge in [0.25, 0.3) is 0 Å². The molecule has 1 N–H and O–H groups in total. The second-order valence-electron chi connectivity index (χ2n) is 5.92. The lowest BCUT2D eigenvalue weighted by Gasteiger charge is -2.19. The molecule has 8 heteroatoms. The molecule has 146 valence electrons. The van der Waals surface area contributed by atoms with Crippen LogP contribution in [0, 0.1) is 0 Å². The van der Waals surface area contributed by atoms with Crippen molar-refractivity contribution in [2.45, 2.75) is 13.8 Å². The van der Waals surface area contributed by atoms with Crippen LogP contribution in [-0.2, 0) is 0 Å². The number of nitrogens with one attached hydrogen (secondary N) is 1. The fraction of sp³-hybridized carbons (Fsp3) is 0.300. The van der Waals surface area contributed by atoms with E-state index in [4.69, 9.17) is 9.47 Å². The molecular weight excluding hydrogens is 358 g/mol. The minimum Gasteiger partial charge on any atom is -0.493 e. The predicted molar refractivity (Wildman–Crippen MR) is 108 cm³/mol. The number of anilines is 1. The van der Waals surface area contributed by atoms with Gasteiger partial charge in [0.15, 0.2) is 23.0 Å². The molecule has 0 fully saturated rings. The maximum Gasteiger partial charge on any atom is 0.323 e. The molecule has 0 unspecified atom stereocenters. The van der Waals surface area contributed by atoms with E-state index < -0.39 is 0 Å². The number of carbonyl (C=O) groups excluding carboxylic acids is 1. The van der Waals surface area contributed by atoms with Gasteiger partial charge in [0.05, 0.1) is 26.1 Å². The van der Waals surface area contributed by atoms with Crippen molar-refractivity contribution in [1.29, 1.82) is 0 Å². The van der Waals surface area contributed by atoms with Crippen LogP contribution in [0.2, 0.25) is 0 Å². The highest BCUT2D eigenvalue weighted by molar-refractivity contribution is 5.91. The van der Waals surface area contributed by atoms with E-state index in [1.807, 2.05) is 44.2 Å². The van der Waals surface area contributed by atoms with Crippen LogP contribution in [0.15, 0.2) is 36.5 Å². The van der Waals surface area contributed by atoms with Gasteiger partial charge in [-0.1, -0.05) is 0 Å². The molecule has 0 spiro atoms. The van der Waals surface area contributed by atoms with Gasteiger partial charge in [-0.15, -0.1) is 0 Å². The molecule has 3 rings (SSSR count). The zero-order valence-corrected chi connectivity index (χ0v) is 16.4. The number of carbonyl (C=O) groups is 1. The molecule has 2 aromatic heterocycles. The summed E-state index contributed by atoms with van der Waals surface area (Å²) < 4.78 is 10.7. The van der Waals surface area contributed by atoms with E-state index in [0.29, 0.717) is 41.6 Å². The Morgan fingerprint density at radius 2 is 1.86 bits per heavy atom. The van der Waals surface area contributed by atoms with E-state index in [0.717, 1.165) is 11.3 Å². The number of aromatic nitrogens is 3. The first-order chi connectivity index (χ1) is 13.6. The Labute approximate surface area is 163 Å². The minimum absolute atomic E-state index is 0.213. The number of hydrogen-bond acceptors (Lipinski definition) is 6. The molecule has 0 radical (unpaired) electrons. The first-order valence-electron chi connectivity index (χ1n) is 9.02. The number of pyridine rings is 1. The van der Waals surface area contributed by atoms with Crippen molar-refractivity contribution in [3.8, 4) is 22.8 Å². The van der Waals surface area contributed by atoms with Gasteiger partial charge in [0, 0.05) is 18.7 Å². The molecule has 0 atom stereocenters. The minimum atomic E-state index is -0.213. The van der Waals surface area contributed by atoms with Crippen molar-refractivity contribution in [2.75, 3.05) is 32.2 Å². The van der Waals surface area contributed by atoms with Gasteiger partial charge in [-0.2, -0.15) is 0 Å². The molecule has 0 aliphatic heterocycles. The molecule has 2 amide bonds. The molecule has 0 aliphatic rings. The van der Waals surface area contributed by atoms with E-state index >= 15 is 0 Å². The topological polar surface area (TPSA) is 89.5 Å². The van der Waals surface area contributed by atoms with E-state index in [9.17, 15) is 4.79 Å². The number of fused-ring (bicyclic) bond motifs is 1. The van der Waals surface area contributed by atoms with Crippen molar-refractivity contribution < 1.29 is 14.3 Å². The van der Waals surface area contributed by atoms with Crippen molar-refractivity contribution in [1.82, 2.24) is 20.3 Å². The zero-order chi connectivity index (χ0) is 20.1. The van der Waals surface area contributed by atoms with Crippen LogP contribution < -0.4 is 19.7 Å². The maximum atomic E-state index is 12.2. The second kappa shape index (κ2) is 8.51. The van der Waals surface area contributed by atoms with Gasteiger partial charge < -0.3 is 14.8 Å². The molecule has 3 aromatic rings. The summed E-state index contributed by atoms with van der Waals surface area (Å²) in [6.07, 6.45) is 1.58. The zero-order valence-electron chi connectivity index (χ0n) is 16.4. The number of amides is 2. The largest absolute Gasteiger partial charge is 0.493 e. The summed E-state index contributed by atoms with van der Waals surface area (Å²) in [5, 5.41) is 2.78. The third-order valence-corrected chi connectivity index (χ3v) is 4.24. The molecule has 28 heavy (non-hydrogen) atoms. The van der Waals surface area contributed by atoms with Crippen molar-refractivity contribution >= 4 is 23.0 Å². The molecule has 1 aromatic carbocycles. The number of hydrogen-bond donors (Lipinski definition) is 1. The Hall–Kier alpha value is -3.42. The number of benzene rings is 1. The maximum absolute atomic E-state index is 12.2. The number of nitrogens with zero attached hydrogens (tertiary/aromatic N) is 4. The Bertz CT molecular complexity index is 993. The van der Waals surface area contributed by atoms with Crippen molar-refractivity contribution in [2.24, 2.45) is 0 Å². The standard InChI is InChI=1S/C20H23N5O3/c1-5-21-20(26)25(6-2)18-12-22-15-9-8-14(23-19(15)24-18)13-7-10-16(27-3)17(11-13)28-4/h7-12H,5-6H2,1-4H3,(H,21,26). The van der Waals surface area contributed by atoms with E-state index in [2.05, 4.69) is 20.3 Å². The highest BCUT2D eigenvalue weighted by Crippen LogP contribution is 2.32. The summed E-state index contributed by atoms with van der Waals surface area (Å²) >= 11 is 0. The van der Waals surface area contributed by atoms with Crippen LogP contribution in [0.4, 0.5) is 10.6 Å². The molecule has 0 saturated carbocycles. The fourth-order valence-electron chi connectivity index (χ4n) is 2.83. The highest BCUT2D eigenvalue weighted by Gasteiger charge is 2.16. The Morgan fingerprint density at radius 3 is 2.54 bits per heavy atom. The average molecular weight is 381 g/mol. The van der Waals surface area contributed by atoms with Gasteiger partial charge in [-0.05, 0) is 44.2 Å². The lowest BCUT2D eigenvalue weighted by Crippen LogP contribution is -2.40. The van der Waals surface area contributed by atoms with Crippen LogP contribution in [0.25, 0.3) is 22.4 Å². The Kier molecular flexibility index (Phi) is 5.88. The van der Waals surface area contributed by atoms with Crippen molar-refractivity contribution in [3.05, 3.63) is 36.5 Å². The van der Waals surface area contributed by atoms with E-state index in [1.54, 1.807) is 20.4 Å². The average Bonchev–Trinajstić information content (AvgIpc) is 2.73. The summed E-state index contributed by atoms with van der Waals surface area (Å²) in [4.78, 5) is 27.3. The first kappa shape index (κ1) is 19.3. The molecule has 8 nitrogen and oxygen atoms in total. The van der Waals surface area contributed by atoms with Crippen LogP contribution in [-0.4, -0.2) is 48.3 Å². The summed E-state index contributed by atoms with van der Waals surface area (Å²) in [6.45, 7) is 4.77. The molecule has 0 saturated heterocycles. The quantitative estimate of drug-likeness (QED) is 0.705. The van der Waals surface area contributed by atoms with Gasteiger partial charge in [-0.3, -0.25) is 4.90 Å². The molecule has 0 aliphatic carbocycles. The smallest absolute Gasteiger partial charge is 0.323 e. The number of ether oxygens (including phenoxy) is 2. The third-order valence-electron chi connectivity index (χ3n) is 4.24. The third kappa shape index (κ3) is 3.80. The second-order valence-corrected chi connectivity index (χ2v) is 5.92. The van der Waals surface area contributed by atoms with Crippen LogP contribution in [0.5, 0.6) is 11.5 Å². The lowest BCUT2D eigenvalue weighted by atomic mass is 10.1.